The molecule has 1 aromatic carbocycles. The normalized spacial score (nSPS) is 13.0. The minimum absolute atomic E-state index is 0.0123. The van der Waals surface area contributed by atoms with Crippen molar-refractivity contribution in [2.75, 3.05) is 26.1 Å². The lowest BCUT2D eigenvalue weighted by molar-refractivity contribution is 0.185. The van der Waals surface area contributed by atoms with Gasteiger partial charge in [-0.25, -0.2) is 10.8 Å². The van der Waals surface area contributed by atoms with E-state index < -0.39 is 0 Å². The summed E-state index contributed by atoms with van der Waals surface area (Å²) in [6.45, 7) is 2.45. The van der Waals surface area contributed by atoms with Crippen LogP contribution < -0.4 is 21.3 Å². The van der Waals surface area contributed by atoms with Gasteiger partial charge in [0.15, 0.2) is 0 Å². The number of hydrogen-bond acceptors (Lipinski definition) is 4. The van der Waals surface area contributed by atoms with Crippen LogP contribution in [-0.4, -0.2) is 32.8 Å². The van der Waals surface area contributed by atoms with Crippen molar-refractivity contribution >= 4 is 27.6 Å². The molecular weight excluding hydrogens is 312 g/mol. The SMILES string of the molecule is COCC(C)N=C(NN)Nc1cc(Br)ccc1OC. The van der Waals surface area contributed by atoms with Crippen LogP contribution in [0.4, 0.5) is 5.69 Å². The summed E-state index contributed by atoms with van der Waals surface area (Å²) in [6.07, 6.45) is 0. The van der Waals surface area contributed by atoms with Gasteiger partial charge in [-0.1, -0.05) is 15.9 Å². The van der Waals surface area contributed by atoms with Crippen molar-refractivity contribution in [3.05, 3.63) is 22.7 Å². The largest absolute Gasteiger partial charge is 0.495 e. The summed E-state index contributed by atoms with van der Waals surface area (Å²) >= 11 is 3.41. The van der Waals surface area contributed by atoms with Gasteiger partial charge in [0, 0.05) is 11.6 Å². The number of guanidine groups is 1. The molecule has 4 N–H and O–H groups in total. The molecule has 0 saturated carbocycles. The molecule has 0 heterocycles. The van der Waals surface area contributed by atoms with Crippen molar-refractivity contribution in [3.63, 3.8) is 0 Å². The van der Waals surface area contributed by atoms with Crippen LogP contribution in [0, 0.1) is 0 Å². The maximum absolute atomic E-state index is 5.46. The number of aliphatic imine (C=N–C) groups is 1. The van der Waals surface area contributed by atoms with Gasteiger partial charge in [0.05, 0.1) is 25.4 Å². The molecule has 0 aromatic heterocycles. The van der Waals surface area contributed by atoms with Gasteiger partial charge in [-0.2, -0.15) is 0 Å². The van der Waals surface area contributed by atoms with Crippen LogP contribution in [0.2, 0.25) is 0 Å². The molecule has 0 amide bonds. The van der Waals surface area contributed by atoms with E-state index in [1.165, 1.54) is 0 Å². The van der Waals surface area contributed by atoms with Crippen LogP contribution in [0.3, 0.4) is 0 Å². The Kier molecular flexibility index (Phi) is 6.61. The second-order valence-corrected chi connectivity index (χ2v) is 4.81. The molecule has 1 unspecified atom stereocenters. The van der Waals surface area contributed by atoms with E-state index in [9.17, 15) is 0 Å². The Morgan fingerprint density at radius 3 is 2.79 bits per heavy atom. The molecule has 1 rings (SSSR count). The van der Waals surface area contributed by atoms with Gasteiger partial charge in [0.2, 0.25) is 5.96 Å². The summed E-state index contributed by atoms with van der Waals surface area (Å²) in [7, 11) is 3.24. The third kappa shape index (κ3) is 5.06. The van der Waals surface area contributed by atoms with Gasteiger partial charge in [-0.05, 0) is 25.1 Å². The van der Waals surface area contributed by atoms with Crippen LogP contribution in [0.5, 0.6) is 5.75 Å². The summed E-state index contributed by atoms with van der Waals surface area (Å²) in [5.41, 5.74) is 3.29. The van der Waals surface area contributed by atoms with Crippen LogP contribution in [0.1, 0.15) is 6.92 Å². The van der Waals surface area contributed by atoms with Gasteiger partial charge in [-0.15, -0.1) is 0 Å². The Balaban J connectivity index is 2.89. The number of benzene rings is 1. The summed E-state index contributed by atoms with van der Waals surface area (Å²) < 4.78 is 11.2. The first-order valence-electron chi connectivity index (χ1n) is 5.74. The number of nitrogens with one attached hydrogen (secondary N) is 2. The van der Waals surface area contributed by atoms with E-state index in [4.69, 9.17) is 15.3 Å². The highest BCUT2D eigenvalue weighted by atomic mass is 79.9. The number of ether oxygens (including phenoxy) is 2. The smallest absolute Gasteiger partial charge is 0.210 e. The first-order chi connectivity index (χ1) is 9.10. The lowest BCUT2D eigenvalue weighted by Gasteiger charge is -2.14. The van der Waals surface area contributed by atoms with Gasteiger partial charge in [0.25, 0.3) is 0 Å². The summed E-state index contributed by atoms with van der Waals surface area (Å²) in [5, 5.41) is 3.08. The average molecular weight is 331 g/mol. The van der Waals surface area contributed by atoms with E-state index >= 15 is 0 Å². The number of hydrogen-bond donors (Lipinski definition) is 3. The highest BCUT2D eigenvalue weighted by molar-refractivity contribution is 9.10. The third-order valence-electron chi connectivity index (χ3n) is 2.31. The fourth-order valence-electron chi connectivity index (χ4n) is 1.51. The molecular formula is C12H19BrN4O2. The number of nitrogens with zero attached hydrogens (tertiary/aromatic N) is 1. The molecule has 0 spiro atoms. The van der Waals surface area contributed by atoms with Crippen LogP contribution in [-0.2, 0) is 4.74 Å². The lowest BCUT2D eigenvalue weighted by atomic mass is 10.3. The van der Waals surface area contributed by atoms with E-state index in [-0.39, 0.29) is 6.04 Å². The van der Waals surface area contributed by atoms with E-state index in [1.807, 2.05) is 25.1 Å². The van der Waals surface area contributed by atoms with Crippen molar-refractivity contribution in [1.82, 2.24) is 5.43 Å². The topological polar surface area (TPSA) is 80.9 Å². The number of rotatable bonds is 5. The van der Waals surface area contributed by atoms with Crippen molar-refractivity contribution in [2.24, 2.45) is 10.8 Å². The van der Waals surface area contributed by atoms with E-state index in [0.717, 1.165) is 10.2 Å². The molecule has 1 aromatic rings. The maximum atomic E-state index is 5.46. The van der Waals surface area contributed by atoms with Crippen molar-refractivity contribution < 1.29 is 9.47 Å². The quantitative estimate of drug-likeness (QED) is 0.331. The molecule has 0 aliphatic rings. The zero-order valence-electron chi connectivity index (χ0n) is 11.2. The zero-order chi connectivity index (χ0) is 14.3. The predicted molar refractivity (Wildman–Crippen MR) is 80.4 cm³/mol. The average Bonchev–Trinajstić information content (AvgIpc) is 2.38. The molecule has 7 heteroatoms. The van der Waals surface area contributed by atoms with Crippen LogP contribution in [0.25, 0.3) is 0 Å². The Morgan fingerprint density at radius 2 is 2.21 bits per heavy atom. The van der Waals surface area contributed by atoms with Gasteiger partial charge in [0.1, 0.15) is 5.75 Å². The first-order valence-corrected chi connectivity index (χ1v) is 6.54. The number of methoxy groups -OCH3 is 2. The van der Waals surface area contributed by atoms with E-state index in [0.29, 0.717) is 18.3 Å². The van der Waals surface area contributed by atoms with Crippen molar-refractivity contribution in [3.8, 4) is 5.75 Å². The number of halogens is 1. The Bertz CT molecular complexity index is 440. The standard InChI is InChI=1S/C12H19BrN4O2/c1-8(7-18-2)15-12(17-14)16-10-6-9(13)4-5-11(10)19-3/h4-6,8H,7,14H2,1-3H3,(H2,15,16,17). The molecule has 19 heavy (non-hydrogen) atoms. The Morgan fingerprint density at radius 1 is 1.47 bits per heavy atom. The highest BCUT2D eigenvalue weighted by Crippen LogP contribution is 2.27. The molecule has 0 radical (unpaired) electrons. The zero-order valence-corrected chi connectivity index (χ0v) is 12.8. The minimum Gasteiger partial charge on any atom is -0.495 e. The molecule has 0 aliphatic carbocycles. The first kappa shape index (κ1) is 15.7. The molecule has 0 aliphatic heterocycles. The van der Waals surface area contributed by atoms with E-state index in [2.05, 4.69) is 31.7 Å². The fraction of sp³-hybridized carbons (Fsp3) is 0.417. The molecule has 0 fully saturated rings. The highest BCUT2D eigenvalue weighted by Gasteiger charge is 2.07. The minimum atomic E-state index is -0.0123. The van der Waals surface area contributed by atoms with Crippen molar-refractivity contribution in [2.45, 2.75) is 13.0 Å². The van der Waals surface area contributed by atoms with Crippen LogP contribution >= 0.6 is 15.9 Å². The Labute approximate surface area is 121 Å². The second-order valence-electron chi connectivity index (χ2n) is 3.90. The molecule has 0 saturated heterocycles. The summed E-state index contributed by atoms with van der Waals surface area (Å²) in [4.78, 5) is 4.36. The Hall–Kier alpha value is -1.31. The number of nitrogens with two attached hydrogens (primary N) is 1. The summed E-state index contributed by atoms with van der Waals surface area (Å²) in [6, 6.07) is 5.61. The van der Waals surface area contributed by atoms with Crippen molar-refractivity contribution in [1.29, 1.82) is 0 Å². The predicted octanol–water partition coefficient (Wildman–Crippen LogP) is 1.72. The molecule has 1 atom stereocenters. The molecule has 106 valence electrons. The number of hydrazine groups is 1. The van der Waals surface area contributed by atoms with E-state index in [1.54, 1.807) is 14.2 Å². The monoisotopic (exact) mass is 330 g/mol. The number of anilines is 1. The molecule has 6 nitrogen and oxygen atoms in total. The van der Waals surface area contributed by atoms with Gasteiger partial charge < -0.3 is 14.8 Å². The third-order valence-corrected chi connectivity index (χ3v) is 2.80. The maximum Gasteiger partial charge on any atom is 0.210 e. The van der Waals surface area contributed by atoms with Gasteiger partial charge >= 0.3 is 0 Å². The second kappa shape index (κ2) is 7.98. The summed E-state index contributed by atoms with van der Waals surface area (Å²) in [5.74, 6) is 6.60. The van der Waals surface area contributed by atoms with Crippen LogP contribution in [0.15, 0.2) is 27.7 Å². The fourth-order valence-corrected chi connectivity index (χ4v) is 1.87. The lowest BCUT2D eigenvalue weighted by Crippen LogP contribution is -2.37. The molecule has 0 bridgehead atoms. The van der Waals surface area contributed by atoms with Gasteiger partial charge in [-0.3, -0.25) is 5.43 Å².